The Morgan fingerprint density at radius 2 is 1.91 bits per heavy atom. The summed E-state index contributed by atoms with van der Waals surface area (Å²) in [4.78, 5) is 19.1. The van der Waals surface area contributed by atoms with Crippen molar-refractivity contribution in [2.24, 2.45) is 0 Å². The summed E-state index contributed by atoms with van der Waals surface area (Å²) in [5.74, 6) is 0.709. The molecule has 0 unspecified atom stereocenters. The van der Waals surface area contributed by atoms with Gasteiger partial charge >= 0.3 is 0 Å². The average Bonchev–Trinajstić information content (AvgIpc) is 2.90. The van der Waals surface area contributed by atoms with Crippen LogP contribution in [0.15, 0.2) is 48.5 Å². The van der Waals surface area contributed by atoms with Gasteiger partial charge in [0.1, 0.15) is 5.75 Å². The fourth-order valence-corrected chi connectivity index (χ4v) is 2.99. The molecular weight excluding hydrogens is 288 g/mol. The second-order valence-electron chi connectivity index (χ2n) is 5.74. The average molecular weight is 304 g/mol. The van der Waals surface area contributed by atoms with Crippen LogP contribution in [0.25, 0.3) is 10.9 Å². The van der Waals surface area contributed by atoms with Gasteiger partial charge in [0.05, 0.1) is 19.2 Å². The zero-order valence-electron chi connectivity index (χ0n) is 13.0. The molecule has 4 rings (SSSR count). The first-order chi connectivity index (χ1) is 11.2. The third-order valence-electron chi connectivity index (χ3n) is 4.25. The quantitative estimate of drug-likeness (QED) is 0.725. The van der Waals surface area contributed by atoms with E-state index in [0.29, 0.717) is 17.9 Å². The number of pyridine rings is 1. The van der Waals surface area contributed by atoms with Crippen molar-refractivity contribution in [3.05, 3.63) is 65.4 Å². The van der Waals surface area contributed by atoms with Crippen LogP contribution in [0.2, 0.25) is 0 Å². The molecule has 0 saturated carbocycles. The molecule has 1 aliphatic rings. The van der Waals surface area contributed by atoms with E-state index in [4.69, 9.17) is 4.74 Å². The van der Waals surface area contributed by atoms with E-state index in [1.807, 2.05) is 49.4 Å². The number of rotatable bonds is 2. The van der Waals surface area contributed by atoms with Crippen molar-refractivity contribution >= 4 is 22.5 Å². The zero-order chi connectivity index (χ0) is 16.0. The largest absolute Gasteiger partial charge is 0.497 e. The molecule has 23 heavy (non-hydrogen) atoms. The summed E-state index contributed by atoms with van der Waals surface area (Å²) in [5, 5.41) is 1.07. The lowest BCUT2D eigenvalue weighted by molar-refractivity contribution is 0.0996. The Labute approximate surface area is 134 Å². The van der Waals surface area contributed by atoms with Crippen LogP contribution in [0.4, 0.5) is 5.69 Å². The summed E-state index contributed by atoms with van der Waals surface area (Å²) < 4.78 is 5.22. The first kappa shape index (κ1) is 13.8. The maximum Gasteiger partial charge on any atom is 0.259 e. The molecule has 0 fully saturated rings. The minimum atomic E-state index is 0.00547. The number of aromatic nitrogens is 1. The second-order valence-corrected chi connectivity index (χ2v) is 5.74. The summed E-state index contributed by atoms with van der Waals surface area (Å²) in [6.45, 7) is 2.55. The number of hydrogen-bond donors (Lipinski definition) is 0. The van der Waals surface area contributed by atoms with Crippen LogP contribution in [0.5, 0.6) is 5.75 Å². The summed E-state index contributed by atoms with van der Waals surface area (Å²) in [7, 11) is 1.61. The first-order valence-electron chi connectivity index (χ1n) is 7.52. The highest BCUT2D eigenvalue weighted by atomic mass is 16.5. The van der Waals surface area contributed by atoms with Crippen LogP contribution < -0.4 is 9.64 Å². The normalized spacial score (nSPS) is 13.5. The highest BCUT2D eigenvalue weighted by Gasteiger charge is 2.29. The van der Waals surface area contributed by atoms with Crippen LogP contribution in [0.3, 0.4) is 0 Å². The van der Waals surface area contributed by atoms with E-state index < -0.39 is 0 Å². The highest BCUT2D eigenvalue weighted by molar-refractivity contribution is 6.10. The number of carbonyl (C=O) groups is 1. The van der Waals surface area contributed by atoms with Gasteiger partial charge in [0.25, 0.3) is 5.91 Å². The number of benzene rings is 2. The number of aryl methyl sites for hydroxylation is 1. The minimum absolute atomic E-state index is 0.00547. The SMILES string of the molecule is COc1ccc2c(c1)C(=O)N(c1ccc3ccc(C)nc3c1)C2. The molecule has 4 heteroatoms. The number of nitrogens with zero attached hydrogens (tertiary/aromatic N) is 2. The third-order valence-corrected chi connectivity index (χ3v) is 4.25. The van der Waals surface area contributed by atoms with E-state index in [9.17, 15) is 4.79 Å². The third kappa shape index (κ3) is 2.23. The van der Waals surface area contributed by atoms with Crippen molar-refractivity contribution in [3.8, 4) is 5.75 Å². The Kier molecular flexibility index (Phi) is 3.05. The Morgan fingerprint density at radius 3 is 2.74 bits per heavy atom. The van der Waals surface area contributed by atoms with Crippen molar-refractivity contribution in [1.82, 2.24) is 4.98 Å². The fraction of sp³-hybridized carbons (Fsp3) is 0.158. The molecule has 0 N–H and O–H groups in total. The molecule has 0 aliphatic carbocycles. The molecule has 0 radical (unpaired) electrons. The van der Waals surface area contributed by atoms with Crippen molar-refractivity contribution < 1.29 is 9.53 Å². The monoisotopic (exact) mass is 304 g/mol. The standard InChI is InChI=1S/C19H16N2O2/c1-12-3-4-13-5-7-15(9-18(13)20-12)21-11-14-6-8-16(23-2)10-17(14)19(21)22/h3-10H,11H2,1-2H3. The van der Waals surface area contributed by atoms with Crippen molar-refractivity contribution in [2.75, 3.05) is 12.0 Å². The van der Waals surface area contributed by atoms with Crippen LogP contribution in [0.1, 0.15) is 21.6 Å². The Balaban J connectivity index is 1.76. The maximum absolute atomic E-state index is 12.7. The fourth-order valence-electron chi connectivity index (χ4n) is 2.99. The Morgan fingerprint density at radius 1 is 1.09 bits per heavy atom. The second kappa shape index (κ2) is 5.09. The molecule has 0 saturated heterocycles. The van der Waals surface area contributed by atoms with E-state index >= 15 is 0 Å². The van der Waals surface area contributed by atoms with Gasteiger partial charge in [0.15, 0.2) is 0 Å². The summed E-state index contributed by atoms with van der Waals surface area (Å²) >= 11 is 0. The smallest absolute Gasteiger partial charge is 0.259 e. The van der Waals surface area contributed by atoms with Crippen molar-refractivity contribution in [3.63, 3.8) is 0 Å². The lowest BCUT2D eigenvalue weighted by Crippen LogP contribution is -2.22. The van der Waals surface area contributed by atoms with Gasteiger partial charge in [0, 0.05) is 22.3 Å². The summed E-state index contributed by atoms with van der Waals surface area (Å²) in [5.41, 5.74) is 4.48. The van der Waals surface area contributed by atoms with Crippen molar-refractivity contribution in [2.45, 2.75) is 13.5 Å². The summed E-state index contributed by atoms with van der Waals surface area (Å²) in [6.07, 6.45) is 0. The predicted octanol–water partition coefficient (Wildman–Crippen LogP) is 3.71. The zero-order valence-corrected chi connectivity index (χ0v) is 13.0. The molecule has 1 aliphatic heterocycles. The molecule has 1 aromatic heterocycles. The van der Waals surface area contributed by atoms with Gasteiger partial charge < -0.3 is 9.64 Å². The van der Waals surface area contributed by atoms with Gasteiger partial charge in [-0.15, -0.1) is 0 Å². The summed E-state index contributed by atoms with van der Waals surface area (Å²) in [6, 6.07) is 15.6. The molecule has 4 nitrogen and oxygen atoms in total. The number of carbonyl (C=O) groups excluding carboxylic acids is 1. The van der Waals surface area contributed by atoms with E-state index in [1.54, 1.807) is 18.1 Å². The van der Waals surface area contributed by atoms with E-state index in [-0.39, 0.29) is 5.91 Å². The number of hydrogen-bond acceptors (Lipinski definition) is 3. The van der Waals surface area contributed by atoms with Gasteiger partial charge in [-0.05, 0) is 42.8 Å². The minimum Gasteiger partial charge on any atom is -0.497 e. The lowest BCUT2D eigenvalue weighted by atomic mass is 10.1. The Hall–Kier alpha value is -2.88. The molecule has 2 aromatic carbocycles. The van der Waals surface area contributed by atoms with E-state index in [0.717, 1.165) is 27.8 Å². The molecule has 0 spiro atoms. The topological polar surface area (TPSA) is 42.4 Å². The van der Waals surface area contributed by atoms with Gasteiger partial charge in [-0.25, -0.2) is 0 Å². The first-order valence-corrected chi connectivity index (χ1v) is 7.52. The molecule has 114 valence electrons. The molecule has 3 aromatic rings. The van der Waals surface area contributed by atoms with Gasteiger partial charge in [-0.2, -0.15) is 0 Å². The lowest BCUT2D eigenvalue weighted by Gasteiger charge is -2.16. The molecular formula is C19H16N2O2. The molecule has 0 atom stereocenters. The number of amides is 1. The number of anilines is 1. The highest BCUT2D eigenvalue weighted by Crippen LogP contribution is 2.32. The predicted molar refractivity (Wildman–Crippen MR) is 90.0 cm³/mol. The van der Waals surface area contributed by atoms with Crippen LogP contribution in [0, 0.1) is 6.92 Å². The van der Waals surface area contributed by atoms with Gasteiger partial charge in [-0.3, -0.25) is 9.78 Å². The molecule has 1 amide bonds. The van der Waals surface area contributed by atoms with Crippen molar-refractivity contribution in [1.29, 1.82) is 0 Å². The van der Waals surface area contributed by atoms with Crippen LogP contribution in [-0.2, 0) is 6.54 Å². The molecule has 2 heterocycles. The van der Waals surface area contributed by atoms with E-state index in [1.165, 1.54) is 0 Å². The molecule has 0 bridgehead atoms. The maximum atomic E-state index is 12.7. The van der Waals surface area contributed by atoms with E-state index in [2.05, 4.69) is 4.98 Å². The van der Waals surface area contributed by atoms with Crippen LogP contribution in [-0.4, -0.2) is 18.0 Å². The number of fused-ring (bicyclic) bond motifs is 2. The number of ether oxygens (including phenoxy) is 1. The number of methoxy groups -OCH3 is 1. The van der Waals surface area contributed by atoms with Crippen LogP contribution >= 0.6 is 0 Å². The van der Waals surface area contributed by atoms with Gasteiger partial charge in [0.2, 0.25) is 0 Å². The Bertz CT molecular complexity index is 934. The van der Waals surface area contributed by atoms with Gasteiger partial charge in [-0.1, -0.05) is 18.2 Å².